The van der Waals surface area contributed by atoms with Crippen molar-refractivity contribution in [2.45, 2.75) is 31.8 Å². The van der Waals surface area contributed by atoms with E-state index in [1.165, 1.54) is 6.08 Å². The summed E-state index contributed by atoms with van der Waals surface area (Å²) in [7, 11) is 1.82. The standard InChI is InChI=1S/C19H21ClN2O2S/c1-3-17(23)21-13-9-8-12(10-13)19(24)22(2)11-16-18(20)14-6-4-5-7-15(14)25-16/h3-7,12-13H,1,8-11H2,2H3,(H,21,23)/t12-,13-/m1/s1. The lowest BCUT2D eigenvalue weighted by Crippen LogP contribution is -2.34. The largest absolute Gasteiger partial charge is 0.350 e. The normalized spacial score (nSPS) is 19.8. The summed E-state index contributed by atoms with van der Waals surface area (Å²) >= 11 is 8.11. The van der Waals surface area contributed by atoms with Crippen LogP contribution in [0.3, 0.4) is 0 Å². The molecule has 2 amide bonds. The Bertz CT molecular complexity index is 817. The number of amides is 2. The van der Waals surface area contributed by atoms with Gasteiger partial charge >= 0.3 is 0 Å². The number of hydrogen-bond acceptors (Lipinski definition) is 3. The highest BCUT2D eigenvalue weighted by Gasteiger charge is 2.32. The van der Waals surface area contributed by atoms with Crippen molar-refractivity contribution in [3.8, 4) is 0 Å². The Balaban J connectivity index is 1.63. The molecule has 1 aromatic carbocycles. The van der Waals surface area contributed by atoms with Gasteiger partial charge in [0.15, 0.2) is 0 Å². The third-order valence-corrected chi connectivity index (χ3v) is 6.37. The van der Waals surface area contributed by atoms with Crippen LogP contribution in [0.1, 0.15) is 24.1 Å². The second kappa shape index (κ2) is 7.58. The first-order valence-electron chi connectivity index (χ1n) is 8.33. The average molecular weight is 377 g/mol. The van der Waals surface area contributed by atoms with Gasteiger partial charge in [-0.05, 0) is 31.4 Å². The van der Waals surface area contributed by atoms with E-state index in [2.05, 4.69) is 11.9 Å². The molecule has 0 radical (unpaired) electrons. The van der Waals surface area contributed by atoms with E-state index in [1.807, 2.05) is 31.3 Å². The molecule has 2 aromatic rings. The van der Waals surface area contributed by atoms with Crippen molar-refractivity contribution < 1.29 is 9.59 Å². The summed E-state index contributed by atoms with van der Waals surface area (Å²) < 4.78 is 1.14. The zero-order chi connectivity index (χ0) is 18.0. The summed E-state index contributed by atoms with van der Waals surface area (Å²) in [5.41, 5.74) is 0. The molecule has 6 heteroatoms. The molecule has 25 heavy (non-hydrogen) atoms. The fourth-order valence-electron chi connectivity index (χ4n) is 3.37. The quantitative estimate of drug-likeness (QED) is 0.802. The lowest BCUT2D eigenvalue weighted by molar-refractivity contribution is -0.134. The van der Waals surface area contributed by atoms with Crippen LogP contribution >= 0.6 is 22.9 Å². The van der Waals surface area contributed by atoms with E-state index >= 15 is 0 Å². The van der Waals surface area contributed by atoms with E-state index in [0.717, 1.165) is 32.8 Å². The van der Waals surface area contributed by atoms with Crippen LogP contribution in [0.4, 0.5) is 0 Å². The predicted molar refractivity (Wildman–Crippen MR) is 103 cm³/mol. The van der Waals surface area contributed by atoms with Gasteiger partial charge in [-0.15, -0.1) is 11.3 Å². The minimum Gasteiger partial charge on any atom is -0.350 e. The highest BCUT2D eigenvalue weighted by atomic mass is 35.5. The summed E-state index contributed by atoms with van der Waals surface area (Å²) in [6.07, 6.45) is 3.58. The topological polar surface area (TPSA) is 49.4 Å². The van der Waals surface area contributed by atoms with Crippen molar-refractivity contribution in [1.29, 1.82) is 0 Å². The molecule has 3 rings (SSSR count). The highest BCUT2D eigenvalue weighted by Crippen LogP contribution is 2.36. The van der Waals surface area contributed by atoms with Gasteiger partial charge in [0.1, 0.15) is 0 Å². The van der Waals surface area contributed by atoms with Crippen LogP contribution in [0.2, 0.25) is 5.02 Å². The maximum atomic E-state index is 12.7. The lowest BCUT2D eigenvalue weighted by atomic mass is 10.1. The molecule has 132 valence electrons. The van der Waals surface area contributed by atoms with Gasteiger partial charge in [-0.25, -0.2) is 0 Å². The number of halogens is 1. The molecule has 0 unspecified atom stereocenters. The van der Waals surface area contributed by atoms with Gasteiger partial charge < -0.3 is 10.2 Å². The number of hydrogen-bond donors (Lipinski definition) is 1. The molecule has 1 aliphatic rings. The summed E-state index contributed by atoms with van der Waals surface area (Å²) in [4.78, 5) is 26.9. The Labute approximate surface area is 156 Å². The Morgan fingerprint density at radius 3 is 2.88 bits per heavy atom. The zero-order valence-electron chi connectivity index (χ0n) is 14.1. The third-order valence-electron chi connectivity index (χ3n) is 4.67. The highest BCUT2D eigenvalue weighted by molar-refractivity contribution is 7.19. The van der Waals surface area contributed by atoms with Crippen molar-refractivity contribution in [2.75, 3.05) is 7.05 Å². The van der Waals surface area contributed by atoms with Gasteiger partial charge in [0.25, 0.3) is 0 Å². The van der Waals surface area contributed by atoms with Crippen LogP contribution < -0.4 is 5.32 Å². The Kier molecular flexibility index (Phi) is 5.45. The first kappa shape index (κ1) is 18.0. The summed E-state index contributed by atoms with van der Waals surface area (Å²) in [6, 6.07) is 8.06. The Hall–Kier alpha value is -1.85. The molecule has 0 saturated heterocycles. The molecule has 2 atom stereocenters. The molecule has 1 saturated carbocycles. The number of fused-ring (bicyclic) bond motifs is 1. The van der Waals surface area contributed by atoms with Crippen LogP contribution in [0.25, 0.3) is 10.1 Å². The van der Waals surface area contributed by atoms with Crippen molar-refractivity contribution >= 4 is 44.8 Å². The van der Waals surface area contributed by atoms with Crippen molar-refractivity contribution in [2.24, 2.45) is 5.92 Å². The van der Waals surface area contributed by atoms with Crippen LogP contribution in [-0.4, -0.2) is 29.8 Å². The van der Waals surface area contributed by atoms with Gasteiger partial charge in [-0.1, -0.05) is 36.4 Å². The van der Waals surface area contributed by atoms with E-state index in [1.54, 1.807) is 16.2 Å². The second-order valence-electron chi connectivity index (χ2n) is 6.45. The number of nitrogens with zero attached hydrogens (tertiary/aromatic N) is 1. The summed E-state index contributed by atoms with van der Waals surface area (Å²) in [5.74, 6) is -0.111. The molecule has 1 aliphatic carbocycles. The molecule has 0 bridgehead atoms. The maximum absolute atomic E-state index is 12.7. The predicted octanol–water partition coefficient (Wildman–Crippen LogP) is 3.98. The smallest absolute Gasteiger partial charge is 0.243 e. The molecule has 1 aromatic heterocycles. The van der Waals surface area contributed by atoms with E-state index in [0.29, 0.717) is 13.0 Å². The van der Waals surface area contributed by atoms with Crippen molar-refractivity contribution in [3.05, 3.63) is 46.8 Å². The maximum Gasteiger partial charge on any atom is 0.243 e. The molecule has 1 N–H and O–H groups in total. The van der Waals surface area contributed by atoms with Crippen LogP contribution in [-0.2, 0) is 16.1 Å². The van der Waals surface area contributed by atoms with E-state index in [4.69, 9.17) is 11.6 Å². The molecule has 4 nitrogen and oxygen atoms in total. The Morgan fingerprint density at radius 2 is 2.16 bits per heavy atom. The molecule has 1 fully saturated rings. The van der Waals surface area contributed by atoms with E-state index in [9.17, 15) is 9.59 Å². The summed E-state index contributed by atoms with van der Waals surface area (Å²) in [5, 5.41) is 4.66. The zero-order valence-corrected chi connectivity index (χ0v) is 15.7. The molecular formula is C19H21ClN2O2S. The number of thiophene rings is 1. The SMILES string of the molecule is C=CC(=O)N[C@@H]1CC[C@@H](C(=O)N(C)Cc2sc3ccccc3c2Cl)C1. The fraction of sp³-hybridized carbons (Fsp3) is 0.368. The number of rotatable bonds is 5. The van der Waals surface area contributed by atoms with Gasteiger partial charge in [0.05, 0.1) is 11.6 Å². The number of carbonyl (C=O) groups is 2. The average Bonchev–Trinajstić information content (AvgIpc) is 3.19. The molecule has 0 spiro atoms. The lowest BCUT2D eigenvalue weighted by Gasteiger charge is -2.21. The van der Waals surface area contributed by atoms with Gasteiger partial charge in [0, 0.05) is 34.0 Å². The van der Waals surface area contributed by atoms with E-state index in [-0.39, 0.29) is 23.8 Å². The molecule has 1 heterocycles. The minimum atomic E-state index is -0.177. The Morgan fingerprint density at radius 1 is 1.40 bits per heavy atom. The first-order valence-corrected chi connectivity index (χ1v) is 9.53. The molecule has 0 aliphatic heterocycles. The van der Waals surface area contributed by atoms with E-state index < -0.39 is 0 Å². The first-order chi connectivity index (χ1) is 12.0. The van der Waals surface area contributed by atoms with Gasteiger partial charge in [-0.2, -0.15) is 0 Å². The third kappa shape index (κ3) is 3.88. The van der Waals surface area contributed by atoms with Crippen molar-refractivity contribution in [1.82, 2.24) is 10.2 Å². The van der Waals surface area contributed by atoms with Gasteiger partial charge in [-0.3, -0.25) is 9.59 Å². The van der Waals surface area contributed by atoms with Crippen LogP contribution in [0.5, 0.6) is 0 Å². The minimum absolute atomic E-state index is 0.0479. The number of nitrogens with one attached hydrogen (secondary N) is 1. The number of carbonyl (C=O) groups excluding carboxylic acids is 2. The van der Waals surface area contributed by atoms with Crippen LogP contribution in [0.15, 0.2) is 36.9 Å². The summed E-state index contributed by atoms with van der Waals surface area (Å²) in [6.45, 7) is 3.97. The van der Waals surface area contributed by atoms with Crippen molar-refractivity contribution in [3.63, 3.8) is 0 Å². The fourth-order valence-corrected chi connectivity index (χ4v) is 4.91. The van der Waals surface area contributed by atoms with Crippen LogP contribution in [0, 0.1) is 5.92 Å². The number of benzene rings is 1. The van der Waals surface area contributed by atoms with Gasteiger partial charge in [0.2, 0.25) is 11.8 Å². The monoisotopic (exact) mass is 376 g/mol. The molecular weight excluding hydrogens is 356 g/mol. The second-order valence-corrected chi connectivity index (χ2v) is 7.96.